The number of ketones is 1. The minimum Gasteiger partial charge on any atom is -0.359 e. The van der Waals surface area contributed by atoms with Crippen LogP contribution < -0.4 is 15.1 Å². The SMILES string of the molecule is C[NH+]1CCN(c2ccccc2NC(=O)c2ccc(C(=O)c3ccccc3)cc2)CC1. The third-order valence-electron chi connectivity index (χ3n) is 5.56. The van der Waals surface area contributed by atoms with E-state index in [2.05, 4.69) is 23.3 Å². The highest BCUT2D eigenvalue weighted by Gasteiger charge is 2.20. The van der Waals surface area contributed by atoms with Crippen molar-refractivity contribution in [2.45, 2.75) is 0 Å². The number of benzene rings is 3. The molecule has 152 valence electrons. The smallest absolute Gasteiger partial charge is 0.255 e. The standard InChI is InChI=1S/C25H25N3O2/c1-27-15-17-28(18-16-27)23-10-6-5-9-22(23)26-25(30)21-13-11-20(12-14-21)24(29)19-7-3-2-4-8-19/h2-14H,15-18H2,1H3,(H,26,30)/p+1. The highest BCUT2D eigenvalue weighted by molar-refractivity contribution is 6.10. The third kappa shape index (κ3) is 4.42. The zero-order chi connectivity index (χ0) is 20.9. The maximum Gasteiger partial charge on any atom is 0.255 e. The molecule has 1 aliphatic rings. The van der Waals surface area contributed by atoms with E-state index in [0.29, 0.717) is 16.7 Å². The molecule has 1 aliphatic heterocycles. The maximum atomic E-state index is 12.8. The minimum atomic E-state index is -0.180. The Morgan fingerprint density at radius 1 is 0.767 bits per heavy atom. The van der Waals surface area contributed by atoms with E-state index in [-0.39, 0.29) is 11.7 Å². The molecule has 0 bridgehead atoms. The number of quaternary nitrogens is 1. The van der Waals surface area contributed by atoms with Gasteiger partial charge in [-0.3, -0.25) is 9.59 Å². The van der Waals surface area contributed by atoms with Gasteiger partial charge in [0.1, 0.15) is 0 Å². The summed E-state index contributed by atoms with van der Waals surface area (Å²) in [6.45, 7) is 4.10. The summed E-state index contributed by atoms with van der Waals surface area (Å²) in [5.74, 6) is -0.231. The van der Waals surface area contributed by atoms with Gasteiger partial charge in [-0.1, -0.05) is 54.6 Å². The number of likely N-dealkylation sites (N-methyl/N-ethyl adjacent to an activating group) is 1. The van der Waals surface area contributed by atoms with E-state index < -0.39 is 0 Å². The maximum absolute atomic E-state index is 12.8. The molecule has 0 spiro atoms. The molecule has 5 heteroatoms. The number of piperazine rings is 1. The van der Waals surface area contributed by atoms with Gasteiger partial charge in [-0.25, -0.2) is 0 Å². The van der Waals surface area contributed by atoms with Crippen molar-refractivity contribution >= 4 is 23.1 Å². The number of nitrogens with zero attached hydrogens (tertiary/aromatic N) is 1. The molecule has 3 aromatic carbocycles. The second-order valence-corrected chi connectivity index (χ2v) is 7.69. The van der Waals surface area contributed by atoms with Crippen LogP contribution >= 0.6 is 0 Å². The van der Waals surface area contributed by atoms with Crippen LogP contribution in [0.5, 0.6) is 0 Å². The topological polar surface area (TPSA) is 53.9 Å². The molecule has 1 amide bonds. The van der Waals surface area contributed by atoms with E-state index >= 15 is 0 Å². The van der Waals surface area contributed by atoms with Gasteiger partial charge in [-0.15, -0.1) is 0 Å². The van der Waals surface area contributed by atoms with Gasteiger partial charge in [-0.05, 0) is 24.3 Å². The number of carbonyl (C=O) groups excluding carboxylic acids is 2. The Bertz CT molecular complexity index is 1020. The van der Waals surface area contributed by atoms with E-state index in [9.17, 15) is 9.59 Å². The Morgan fingerprint density at radius 2 is 1.33 bits per heavy atom. The normalized spacial score (nSPS) is 14.4. The lowest BCUT2D eigenvalue weighted by atomic mass is 10.0. The van der Waals surface area contributed by atoms with Gasteiger partial charge in [0.25, 0.3) is 5.91 Å². The molecular weight excluding hydrogens is 374 g/mol. The number of para-hydroxylation sites is 2. The highest BCUT2D eigenvalue weighted by atomic mass is 16.1. The van der Waals surface area contributed by atoms with Gasteiger partial charge < -0.3 is 15.1 Å². The zero-order valence-corrected chi connectivity index (χ0v) is 17.1. The number of nitrogens with one attached hydrogen (secondary N) is 2. The summed E-state index contributed by atoms with van der Waals surface area (Å²) < 4.78 is 0. The molecule has 0 aromatic heterocycles. The highest BCUT2D eigenvalue weighted by Crippen LogP contribution is 2.26. The lowest BCUT2D eigenvalue weighted by Gasteiger charge is -2.33. The number of hydrogen-bond acceptors (Lipinski definition) is 3. The van der Waals surface area contributed by atoms with Crippen LogP contribution in [-0.2, 0) is 0 Å². The lowest BCUT2D eigenvalue weighted by Crippen LogP contribution is -3.12. The molecule has 1 saturated heterocycles. The Labute approximate surface area is 176 Å². The van der Waals surface area contributed by atoms with Gasteiger partial charge in [-0.2, -0.15) is 0 Å². The van der Waals surface area contributed by atoms with Gasteiger partial charge in [0.15, 0.2) is 5.78 Å². The predicted molar refractivity (Wildman–Crippen MR) is 120 cm³/mol. The number of anilines is 2. The van der Waals surface area contributed by atoms with Crippen LogP contribution in [0.3, 0.4) is 0 Å². The van der Waals surface area contributed by atoms with Crippen LogP contribution in [0.4, 0.5) is 11.4 Å². The Kier molecular flexibility index (Phi) is 5.91. The van der Waals surface area contributed by atoms with Crippen LogP contribution in [0.15, 0.2) is 78.9 Å². The molecule has 0 aliphatic carbocycles. The third-order valence-corrected chi connectivity index (χ3v) is 5.56. The van der Waals surface area contributed by atoms with Crippen molar-refractivity contribution in [1.82, 2.24) is 0 Å². The van der Waals surface area contributed by atoms with Gasteiger partial charge >= 0.3 is 0 Å². The van der Waals surface area contributed by atoms with Crippen LogP contribution in [0.1, 0.15) is 26.3 Å². The molecule has 30 heavy (non-hydrogen) atoms. The number of amides is 1. The predicted octanol–water partition coefficient (Wildman–Crippen LogP) is 2.50. The quantitative estimate of drug-likeness (QED) is 0.647. The van der Waals surface area contributed by atoms with E-state index in [4.69, 9.17) is 0 Å². The molecule has 0 unspecified atom stereocenters. The van der Waals surface area contributed by atoms with E-state index in [0.717, 1.165) is 37.6 Å². The van der Waals surface area contributed by atoms with Crippen LogP contribution in [-0.4, -0.2) is 44.9 Å². The van der Waals surface area contributed by atoms with E-state index in [1.807, 2.05) is 36.4 Å². The zero-order valence-electron chi connectivity index (χ0n) is 17.1. The summed E-state index contributed by atoms with van der Waals surface area (Å²) in [5, 5.41) is 3.04. The van der Waals surface area contributed by atoms with Crippen molar-refractivity contribution in [2.24, 2.45) is 0 Å². The van der Waals surface area contributed by atoms with E-state index in [1.54, 1.807) is 36.4 Å². The molecule has 3 aromatic rings. The molecule has 0 atom stereocenters. The van der Waals surface area contributed by atoms with Crippen LogP contribution in [0, 0.1) is 0 Å². The fourth-order valence-electron chi connectivity index (χ4n) is 3.71. The number of hydrogen-bond donors (Lipinski definition) is 2. The summed E-state index contributed by atoms with van der Waals surface area (Å²) >= 11 is 0. The van der Waals surface area contributed by atoms with Crippen molar-refractivity contribution in [1.29, 1.82) is 0 Å². The molecule has 4 rings (SSSR count). The summed E-state index contributed by atoms with van der Waals surface area (Å²) in [5.41, 5.74) is 3.59. The van der Waals surface area contributed by atoms with Crippen molar-refractivity contribution in [2.75, 3.05) is 43.4 Å². The van der Waals surface area contributed by atoms with E-state index in [1.165, 1.54) is 4.90 Å². The summed E-state index contributed by atoms with van der Waals surface area (Å²) in [7, 11) is 2.21. The monoisotopic (exact) mass is 400 g/mol. The minimum absolute atomic E-state index is 0.0508. The Hall–Kier alpha value is -3.44. The molecular formula is C25H26N3O2+. The van der Waals surface area contributed by atoms with Gasteiger partial charge in [0, 0.05) is 16.7 Å². The molecule has 1 fully saturated rings. The van der Waals surface area contributed by atoms with Crippen molar-refractivity contribution in [3.63, 3.8) is 0 Å². The first kappa shape index (κ1) is 19.9. The van der Waals surface area contributed by atoms with Gasteiger partial charge in [0.05, 0.1) is 44.6 Å². The first-order valence-corrected chi connectivity index (χ1v) is 10.3. The average Bonchev–Trinajstić information content (AvgIpc) is 2.80. The first-order valence-electron chi connectivity index (χ1n) is 10.3. The fraction of sp³-hybridized carbons (Fsp3) is 0.200. The van der Waals surface area contributed by atoms with Crippen molar-refractivity contribution in [3.05, 3.63) is 95.6 Å². The Morgan fingerprint density at radius 3 is 2.03 bits per heavy atom. The second kappa shape index (κ2) is 8.93. The van der Waals surface area contributed by atoms with Crippen molar-refractivity contribution < 1.29 is 14.5 Å². The number of carbonyl (C=O) groups is 2. The molecule has 0 saturated carbocycles. The summed E-state index contributed by atoms with van der Waals surface area (Å²) in [6.07, 6.45) is 0. The molecule has 1 heterocycles. The van der Waals surface area contributed by atoms with Crippen LogP contribution in [0.25, 0.3) is 0 Å². The molecule has 5 nitrogen and oxygen atoms in total. The summed E-state index contributed by atoms with van der Waals surface area (Å²) in [6, 6.07) is 23.9. The fourth-order valence-corrected chi connectivity index (χ4v) is 3.71. The van der Waals surface area contributed by atoms with Crippen molar-refractivity contribution in [3.8, 4) is 0 Å². The number of rotatable bonds is 5. The second-order valence-electron chi connectivity index (χ2n) is 7.69. The first-order chi connectivity index (χ1) is 14.6. The largest absolute Gasteiger partial charge is 0.359 e. The molecule has 2 N–H and O–H groups in total. The lowest BCUT2D eigenvalue weighted by molar-refractivity contribution is -0.880. The molecule has 0 radical (unpaired) electrons. The average molecular weight is 401 g/mol. The Balaban J connectivity index is 1.48. The van der Waals surface area contributed by atoms with Crippen LogP contribution in [0.2, 0.25) is 0 Å². The summed E-state index contributed by atoms with van der Waals surface area (Å²) in [4.78, 5) is 29.2. The van der Waals surface area contributed by atoms with Gasteiger partial charge in [0.2, 0.25) is 0 Å².